The molecule has 0 saturated carbocycles. The average molecular weight is 550 g/mol. The van der Waals surface area contributed by atoms with Gasteiger partial charge in [0.25, 0.3) is 0 Å². The van der Waals surface area contributed by atoms with Gasteiger partial charge in [0.05, 0.1) is 11.7 Å². The second kappa shape index (κ2) is 10.7. The van der Waals surface area contributed by atoms with Gasteiger partial charge in [-0.05, 0) is 68.8 Å². The second-order valence-electron chi connectivity index (χ2n) is 8.98. The smallest absolute Gasteiger partial charge is 0.493 e. The molecule has 38 heavy (non-hydrogen) atoms. The number of rotatable bonds is 9. The number of nitrogens with one attached hydrogen (secondary N) is 1. The number of aromatic nitrogens is 3. The highest BCUT2D eigenvalue weighted by molar-refractivity contribution is 7.88. The zero-order chi connectivity index (χ0) is 26.8. The number of fused-ring (bicyclic) bond motifs is 1. The molecule has 0 radical (unpaired) electrons. The lowest BCUT2D eigenvalue weighted by Crippen LogP contribution is -2.28. The molecule has 2 aliphatic rings. The molecule has 13 heteroatoms. The van der Waals surface area contributed by atoms with Crippen molar-refractivity contribution >= 4 is 21.7 Å². The van der Waals surface area contributed by atoms with Gasteiger partial charge in [-0.2, -0.15) is 26.6 Å². The van der Waals surface area contributed by atoms with Gasteiger partial charge in [-0.3, -0.25) is 4.90 Å². The van der Waals surface area contributed by atoms with Gasteiger partial charge in [0, 0.05) is 12.1 Å². The molecule has 1 N–H and O–H groups in total. The molecule has 0 amide bonds. The summed E-state index contributed by atoms with van der Waals surface area (Å²) in [6.07, 6.45) is 9.12. The Morgan fingerprint density at radius 2 is 1.89 bits per heavy atom. The van der Waals surface area contributed by atoms with Crippen LogP contribution in [-0.4, -0.2) is 65.7 Å². The van der Waals surface area contributed by atoms with Gasteiger partial charge < -0.3 is 14.2 Å². The Morgan fingerprint density at radius 3 is 2.63 bits per heavy atom. The molecular weight excluding hydrogens is 523 g/mol. The number of anilines is 1. The first-order valence-corrected chi connectivity index (χ1v) is 13.6. The van der Waals surface area contributed by atoms with Crippen LogP contribution < -0.4 is 9.50 Å². The predicted molar refractivity (Wildman–Crippen MR) is 135 cm³/mol. The largest absolute Gasteiger partial charge is 0.534 e. The predicted octanol–water partition coefficient (Wildman–Crippen LogP) is 4.36. The van der Waals surface area contributed by atoms with Crippen molar-refractivity contribution in [3.05, 3.63) is 66.5 Å². The fraction of sp³-hybridized carbons (Fsp3) is 0.360. The van der Waals surface area contributed by atoms with Crippen molar-refractivity contribution in [2.75, 3.05) is 31.6 Å². The van der Waals surface area contributed by atoms with E-state index in [1.165, 1.54) is 29.5 Å². The van der Waals surface area contributed by atoms with Crippen LogP contribution in [0.15, 0.2) is 66.5 Å². The van der Waals surface area contributed by atoms with E-state index in [-0.39, 0.29) is 6.04 Å². The summed E-state index contributed by atoms with van der Waals surface area (Å²) < 4.78 is 72.6. The minimum atomic E-state index is -5.78. The first kappa shape index (κ1) is 26.0. The van der Waals surface area contributed by atoms with E-state index >= 15 is 0 Å². The van der Waals surface area contributed by atoms with Crippen molar-refractivity contribution in [3.63, 3.8) is 0 Å². The van der Waals surface area contributed by atoms with Crippen molar-refractivity contribution in [2.45, 2.75) is 30.8 Å². The summed E-state index contributed by atoms with van der Waals surface area (Å²) in [4.78, 5) is 6.89. The molecule has 3 heterocycles. The van der Waals surface area contributed by atoms with E-state index in [4.69, 9.17) is 4.74 Å². The van der Waals surface area contributed by atoms with Crippen molar-refractivity contribution < 1.29 is 30.5 Å². The molecule has 0 bridgehead atoms. The normalized spacial score (nSPS) is 18.5. The number of ether oxygens (including phenoxy) is 1. The summed E-state index contributed by atoms with van der Waals surface area (Å²) >= 11 is 0. The van der Waals surface area contributed by atoms with E-state index in [1.807, 2.05) is 18.2 Å². The Balaban J connectivity index is 1.25. The molecule has 1 aliphatic carbocycles. The first-order valence-electron chi connectivity index (χ1n) is 12.1. The fourth-order valence-electron chi connectivity index (χ4n) is 4.35. The van der Waals surface area contributed by atoms with Gasteiger partial charge >= 0.3 is 15.6 Å². The van der Waals surface area contributed by atoms with Crippen molar-refractivity contribution in [3.8, 4) is 17.0 Å². The van der Waals surface area contributed by atoms with Crippen molar-refractivity contribution in [2.24, 2.45) is 0 Å². The highest BCUT2D eigenvalue weighted by Gasteiger charge is 2.48. The van der Waals surface area contributed by atoms with Crippen LogP contribution in [0.4, 0.5) is 19.1 Å². The monoisotopic (exact) mass is 549 g/mol. The first-order chi connectivity index (χ1) is 18.2. The number of alkyl halides is 3. The summed E-state index contributed by atoms with van der Waals surface area (Å²) in [5.41, 5.74) is -4.14. The minimum absolute atomic E-state index is 0.0499. The topological polar surface area (TPSA) is 98.1 Å². The van der Waals surface area contributed by atoms with Crippen LogP contribution in [-0.2, 0) is 14.9 Å². The summed E-state index contributed by atoms with van der Waals surface area (Å²) in [7, 11) is -5.78. The molecule has 9 nitrogen and oxygen atoms in total. The van der Waals surface area contributed by atoms with Gasteiger partial charge in [-0.15, -0.1) is 5.10 Å². The van der Waals surface area contributed by atoms with E-state index in [9.17, 15) is 21.6 Å². The Bertz CT molecular complexity index is 1460. The molecule has 1 saturated heterocycles. The quantitative estimate of drug-likeness (QED) is 0.311. The molecule has 1 atom stereocenters. The Labute approximate surface area is 217 Å². The molecule has 1 aliphatic heterocycles. The van der Waals surface area contributed by atoms with Crippen LogP contribution >= 0.6 is 0 Å². The molecule has 1 unspecified atom stereocenters. The van der Waals surface area contributed by atoms with Gasteiger partial charge in [-0.1, -0.05) is 24.3 Å². The highest BCUT2D eigenvalue weighted by atomic mass is 32.2. The minimum Gasteiger partial charge on any atom is -0.493 e. The molecule has 202 valence electrons. The molecule has 2 aromatic heterocycles. The number of benzene rings is 1. The maximum atomic E-state index is 12.7. The van der Waals surface area contributed by atoms with Crippen LogP contribution in [0.25, 0.3) is 16.9 Å². The third-order valence-electron chi connectivity index (χ3n) is 6.23. The van der Waals surface area contributed by atoms with Gasteiger partial charge in [0.2, 0.25) is 5.95 Å². The summed E-state index contributed by atoms with van der Waals surface area (Å²) in [6, 6.07) is 10.4. The molecule has 1 fully saturated rings. The van der Waals surface area contributed by atoms with E-state index in [2.05, 4.69) is 24.5 Å². The van der Waals surface area contributed by atoms with Gasteiger partial charge in [-0.25, -0.2) is 4.52 Å². The molecule has 3 aromatic rings. The Kier molecular flexibility index (Phi) is 7.30. The van der Waals surface area contributed by atoms with Crippen LogP contribution in [0.5, 0.6) is 5.75 Å². The van der Waals surface area contributed by atoms with Crippen LogP contribution in [0, 0.1) is 0 Å². The molecule has 0 spiro atoms. The highest BCUT2D eigenvalue weighted by Crippen LogP contribution is 2.30. The summed E-state index contributed by atoms with van der Waals surface area (Å²) in [5, 5.41) is 7.77. The third-order valence-corrected chi connectivity index (χ3v) is 7.21. The SMILES string of the molecule is O=S(=O)(Oc1cccc(-c2cccc3nc(NC4C=CC(OCCN5CCCC5)=CC4)nn23)c1)C(F)(F)F. The third kappa shape index (κ3) is 5.94. The Hall–Kier alpha value is -3.58. The van der Waals surface area contributed by atoms with Crippen LogP contribution in [0.1, 0.15) is 19.3 Å². The number of hydrogen-bond acceptors (Lipinski definition) is 8. The number of halogens is 3. The number of pyridine rings is 1. The van der Waals surface area contributed by atoms with E-state index < -0.39 is 21.4 Å². The molecular formula is C25H26F3N5O4S. The zero-order valence-electron chi connectivity index (χ0n) is 20.3. The Morgan fingerprint density at radius 1 is 1.11 bits per heavy atom. The maximum Gasteiger partial charge on any atom is 0.534 e. The lowest BCUT2D eigenvalue weighted by molar-refractivity contribution is -0.0500. The summed E-state index contributed by atoms with van der Waals surface area (Å²) in [5.74, 6) is 0.737. The van der Waals surface area contributed by atoms with E-state index in [0.29, 0.717) is 35.9 Å². The standard InChI is InChI=1S/C25H26F3N5O4S/c26-25(27,28)38(34,35)37-21-6-3-5-18(17-21)22-7-4-8-23-30-24(31-33(22)23)29-19-9-11-20(12-10-19)36-16-15-32-13-1-2-14-32/h3-9,11-12,17,19H,1-2,10,13-16H2,(H,29,31). The van der Waals surface area contributed by atoms with Gasteiger partial charge in [0.15, 0.2) is 5.65 Å². The average Bonchev–Trinajstić information content (AvgIpc) is 3.54. The van der Waals surface area contributed by atoms with Crippen LogP contribution in [0.2, 0.25) is 0 Å². The van der Waals surface area contributed by atoms with E-state index in [0.717, 1.165) is 31.5 Å². The second-order valence-corrected chi connectivity index (χ2v) is 10.5. The zero-order valence-corrected chi connectivity index (χ0v) is 21.1. The molecule has 1 aromatic carbocycles. The lowest BCUT2D eigenvalue weighted by Gasteiger charge is -2.19. The number of nitrogens with zero attached hydrogens (tertiary/aromatic N) is 4. The number of allylic oxidation sites excluding steroid dienone is 1. The maximum absolute atomic E-state index is 12.7. The fourth-order valence-corrected chi connectivity index (χ4v) is 4.80. The molecule has 5 rings (SSSR count). The van der Waals surface area contributed by atoms with E-state index in [1.54, 1.807) is 24.3 Å². The van der Waals surface area contributed by atoms with Gasteiger partial charge in [0.1, 0.15) is 18.1 Å². The number of hydrogen-bond donors (Lipinski definition) is 1. The van der Waals surface area contributed by atoms with Crippen molar-refractivity contribution in [1.82, 2.24) is 19.5 Å². The lowest BCUT2D eigenvalue weighted by atomic mass is 10.1. The summed E-state index contributed by atoms with van der Waals surface area (Å²) in [6.45, 7) is 3.85. The number of likely N-dealkylation sites (tertiary alicyclic amines) is 1. The van der Waals surface area contributed by atoms with Crippen LogP contribution in [0.3, 0.4) is 0 Å². The van der Waals surface area contributed by atoms with Crippen molar-refractivity contribution in [1.29, 1.82) is 0 Å².